The van der Waals surface area contributed by atoms with Crippen molar-refractivity contribution in [3.8, 4) is 0 Å². The van der Waals surface area contributed by atoms with E-state index in [2.05, 4.69) is 4.98 Å². The Bertz CT molecular complexity index is 345. The lowest BCUT2D eigenvalue weighted by atomic mass is 10.4. The van der Waals surface area contributed by atoms with E-state index < -0.39 is 11.8 Å². The Kier molecular flexibility index (Phi) is 2.62. The lowest BCUT2D eigenvalue weighted by Gasteiger charge is -2.04. The van der Waals surface area contributed by atoms with Crippen LogP contribution in [0.2, 0.25) is 0 Å². The summed E-state index contributed by atoms with van der Waals surface area (Å²) in [7, 11) is 3.54. The first-order valence-electron chi connectivity index (χ1n) is 3.43. The number of hydrogen-bond acceptors (Lipinski definition) is 5. The molecule has 1 rings (SSSR count). The maximum atomic E-state index is 10.9. The first kappa shape index (κ1) is 9.66. The second-order valence-electron chi connectivity index (χ2n) is 2.54. The summed E-state index contributed by atoms with van der Waals surface area (Å²) in [5.41, 5.74) is 0. The van der Waals surface area contributed by atoms with E-state index in [1.165, 1.54) is 6.20 Å². The molecule has 0 aliphatic rings. The highest BCUT2D eigenvalue weighted by Crippen LogP contribution is 2.20. The second kappa shape index (κ2) is 3.53. The van der Waals surface area contributed by atoms with Gasteiger partial charge in [-0.15, -0.1) is 0 Å². The summed E-state index contributed by atoms with van der Waals surface area (Å²) in [6.07, 6.45) is 1.27. The Morgan fingerprint density at radius 3 is 2.54 bits per heavy atom. The molecule has 0 fully saturated rings. The average Bonchev–Trinajstić information content (AvgIpc) is 2.50. The van der Waals surface area contributed by atoms with E-state index in [0.717, 1.165) is 11.3 Å². The van der Waals surface area contributed by atoms with Crippen molar-refractivity contribution in [3.63, 3.8) is 0 Å². The van der Waals surface area contributed by atoms with Gasteiger partial charge in [-0.05, 0) is 0 Å². The van der Waals surface area contributed by atoms with E-state index in [0.29, 0.717) is 5.13 Å². The predicted octanol–water partition coefficient (Wildman–Crippen LogP) is 0.476. The molecule has 0 atom stereocenters. The Labute approximate surface area is 78.6 Å². The first-order chi connectivity index (χ1) is 6.02. The Balaban J connectivity index is 2.92. The van der Waals surface area contributed by atoms with Crippen LogP contribution in [0.4, 0.5) is 5.13 Å². The van der Waals surface area contributed by atoms with Gasteiger partial charge in [0.05, 0.1) is 6.20 Å². The number of carbonyl (C=O) groups excluding carboxylic acids is 1. The molecule has 0 unspecified atom stereocenters. The number of nitrogens with zero attached hydrogens (tertiary/aromatic N) is 2. The van der Waals surface area contributed by atoms with Gasteiger partial charge in [-0.3, -0.25) is 4.79 Å². The third-order valence-corrected chi connectivity index (χ3v) is 2.46. The van der Waals surface area contributed by atoms with Crippen LogP contribution in [0.25, 0.3) is 0 Å². The number of ketones is 1. The molecule has 0 spiro atoms. The molecular formula is C7H8N2O3S. The van der Waals surface area contributed by atoms with Gasteiger partial charge in [0.25, 0.3) is 5.78 Å². The van der Waals surface area contributed by atoms with E-state index in [-0.39, 0.29) is 4.88 Å². The quantitative estimate of drug-likeness (QED) is 0.567. The molecule has 0 aliphatic heterocycles. The van der Waals surface area contributed by atoms with Crippen molar-refractivity contribution in [3.05, 3.63) is 11.1 Å². The molecule has 6 heteroatoms. The fourth-order valence-electron chi connectivity index (χ4n) is 0.682. The lowest BCUT2D eigenvalue weighted by molar-refractivity contribution is -0.131. The number of aromatic nitrogens is 1. The van der Waals surface area contributed by atoms with Crippen molar-refractivity contribution in [1.82, 2.24) is 4.98 Å². The van der Waals surface area contributed by atoms with Crippen molar-refractivity contribution >= 4 is 28.2 Å². The highest BCUT2D eigenvalue weighted by atomic mass is 32.1. The molecule has 70 valence electrons. The Hall–Kier alpha value is -1.43. The van der Waals surface area contributed by atoms with Gasteiger partial charge in [0.15, 0.2) is 5.13 Å². The standard InChI is InChI=1S/C7H8N2O3S/c1-9(2)7-8-3-4(13-7)5(10)6(11)12/h3H,1-2H3,(H,11,12). The summed E-state index contributed by atoms with van der Waals surface area (Å²) in [6.45, 7) is 0. The van der Waals surface area contributed by atoms with Gasteiger partial charge >= 0.3 is 5.97 Å². The van der Waals surface area contributed by atoms with Crippen LogP contribution in [0.15, 0.2) is 6.20 Å². The van der Waals surface area contributed by atoms with Crippen LogP contribution in [-0.2, 0) is 4.79 Å². The molecule has 1 heterocycles. The number of rotatable bonds is 3. The first-order valence-corrected chi connectivity index (χ1v) is 4.25. The van der Waals surface area contributed by atoms with E-state index in [9.17, 15) is 9.59 Å². The largest absolute Gasteiger partial charge is 0.475 e. The van der Waals surface area contributed by atoms with E-state index in [4.69, 9.17) is 5.11 Å². The van der Waals surface area contributed by atoms with E-state index in [1.807, 2.05) is 0 Å². The number of aliphatic carboxylic acids is 1. The zero-order valence-corrected chi connectivity index (χ0v) is 7.96. The monoisotopic (exact) mass is 200 g/mol. The molecule has 0 radical (unpaired) electrons. The number of hydrogen-bond donors (Lipinski definition) is 1. The zero-order valence-electron chi connectivity index (χ0n) is 7.14. The number of anilines is 1. The minimum absolute atomic E-state index is 0.149. The van der Waals surface area contributed by atoms with Gasteiger partial charge < -0.3 is 10.0 Å². The summed E-state index contributed by atoms with van der Waals surface area (Å²) in [5.74, 6) is -2.36. The van der Waals surface area contributed by atoms with Gasteiger partial charge in [0, 0.05) is 14.1 Å². The number of carboxylic acid groups (broad SMARTS) is 1. The number of carboxylic acids is 1. The highest BCUT2D eigenvalue weighted by Gasteiger charge is 2.17. The van der Waals surface area contributed by atoms with Gasteiger partial charge in [-0.2, -0.15) is 0 Å². The fraction of sp³-hybridized carbons (Fsp3) is 0.286. The third-order valence-electron chi connectivity index (χ3n) is 1.29. The summed E-state index contributed by atoms with van der Waals surface area (Å²) in [4.78, 5) is 27.0. The summed E-state index contributed by atoms with van der Waals surface area (Å²) in [5, 5.41) is 9.01. The van der Waals surface area contributed by atoms with Crippen molar-refractivity contribution in [2.75, 3.05) is 19.0 Å². The maximum absolute atomic E-state index is 10.9. The van der Waals surface area contributed by atoms with Crippen molar-refractivity contribution in [2.24, 2.45) is 0 Å². The summed E-state index contributed by atoms with van der Waals surface area (Å²) in [6, 6.07) is 0. The van der Waals surface area contributed by atoms with Crippen molar-refractivity contribution in [1.29, 1.82) is 0 Å². The van der Waals surface area contributed by atoms with Crippen LogP contribution >= 0.6 is 11.3 Å². The topological polar surface area (TPSA) is 70.5 Å². The molecule has 0 amide bonds. The number of carbonyl (C=O) groups is 2. The smallest absolute Gasteiger partial charge is 0.378 e. The molecule has 13 heavy (non-hydrogen) atoms. The maximum Gasteiger partial charge on any atom is 0.378 e. The van der Waals surface area contributed by atoms with Crippen molar-refractivity contribution < 1.29 is 14.7 Å². The Morgan fingerprint density at radius 2 is 2.15 bits per heavy atom. The van der Waals surface area contributed by atoms with Crippen LogP contribution in [-0.4, -0.2) is 35.9 Å². The van der Waals surface area contributed by atoms with Crippen LogP contribution in [0, 0.1) is 0 Å². The highest BCUT2D eigenvalue weighted by molar-refractivity contribution is 7.18. The molecule has 1 aromatic heterocycles. The molecule has 0 aromatic carbocycles. The molecule has 0 saturated heterocycles. The SMILES string of the molecule is CN(C)c1ncc(C(=O)C(=O)O)s1. The molecular weight excluding hydrogens is 192 g/mol. The molecule has 1 N–H and O–H groups in total. The van der Waals surface area contributed by atoms with Gasteiger partial charge in [-0.25, -0.2) is 9.78 Å². The van der Waals surface area contributed by atoms with Gasteiger partial charge in [0.2, 0.25) is 0 Å². The average molecular weight is 200 g/mol. The molecule has 0 bridgehead atoms. The number of thiazole rings is 1. The van der Waals surface area contributed by atoms with Crippen LogP contribution < -0.4 is 4.90 Å². The minimum Gasteiger partial charge on any atom is -0.475 e. The molecule has 0 saturated carbocycles. The fourth-order valence-corrected chi connectivity index (χ4v) is 1.45. The lowest BCUT2D eigenvalue weighted by Crippen LogP contribution is -2.10. The molecule has 0 aliphatic carbocycles. The second-order valence-corrected chi connectivity index (χ2v) is 3.54. The molecule has 1 aromatic rings. The van der Waals surface area contributed by atoms with E-state index >= 15 is 0 Å². The van der Waals surface area contributed by atoms with Gasteiger partial charge in [0.1, 0.15) is 4.88 Å². The van der Waals surface area contributed by atoms with Crippen LogP contribution in [0.3, 0.4) is 0 Å². The zero-order chi connectivity index (χ0) is 10.0. The van der Waals surface area contributed by atoms with Crippen LogP contribution in [0.5, 0.6) is 0 Å². The predicted molar refractivity (Wildman–Crippen MR) is 48.4 cm³/mol. The normalized spacial score (nSPS) is 9.69. The van der Waals surface area contributed by atoms with Crippen LogP contribution in [0.1, 0.15) is 9.67 Å². The summed E-state index contributed by atoms with van der Waals surface area (Å²) < 4.78 is 0. The Morgan fingerprint density at radius 1 is 1.54 bits per heavy atom. The third kappa shape index (κ3) is 2.03. The number of Topliss-reactive ketones (excluding diaryl/α,β-unsaturated/α-hetero) is 1. The minimum atomic E-state index is -1.45. The van der Waals surface area contributed by atoms with Gasteiger partial charge in [-0.1, -0.05) is 11.3 Å². The van der Waals surface area contributed by atoms with Crippen molar-refractivity contribution in [2.45, 2.75) is 0 Å². The summed E-state index contributed by atoms with van der Waals surface area (Å²) >= 11 is 1.06. The molecule has 5 nitrogen and oxygen atoms in total. The van der Waals surface area contributed by atoms with E-state index in [1.54, 1.807) is 19.0 Å².